The maximum absolute atomic E-state index is 12.2. The van der Waals surface area contributed by atoms with E-state index in [2.05, 4.69) is 10.3 Å². The van der Waals surface area contributed by atoms with Gasteiger partial charge in [0, 0.05) is 15.6 Å². The highest BCUT2D eigenvalue weighted by atomic mass is 35.5. The first kappa shape index (κ1) is 15.4. The van der Waals surface area contributed by atoms with E-state index >= 15 is 0 Å². The van der Waals surface area contributed by atoms with Crippen LogP contribution in [0.25, 0.3) is 0 Å². The number of aromatic nitrogens is 1. The maximum atomic E-state index is 12.2. The largest absolute Gasteiger partial charge is 0.319 e. The minimum Gasteiger partial charge on any atom is -0.319 e. The number of nitrogens with zero attached hydrogens (tertiary/aromatic N) is 1. The average molecular weight is 350 g/mol. The van der Waals surface area contributed by atoms with Gasteiger partial charge in [0.15, 0.2) is 5.15 Å². The molecule has 0 radical (unpaired) electrons. The minimum absolute atomic E-state index is 0.122. The van der Waals surface area contributed by atoms with E-state index in [0.717, 1.165) is 0 Å². The molecule has 0 saturated heterocycles. The van der Waals surface area contributed by atoms with E-state index < -0.39 is 0 Å². The molecule has 7 heteroatoms. The van der Waals surface area contributed by atoms with Crippen molar-refractivity contribution < 1.29 is 4.79 Å². The van der Waals surface area contributed by atoms with Crippen molar-refractivity contribution >= 4 is 58.0 Å². The van der Waals surface area contributed by atoms with Gasteiger partial charge in [-0.05, 0) is 36.8 Å². The molecule has 0 aliphatic heterocycles. The SMILES string of the molecule is Cc1cc(Cl)nc(Cl)c1NC(=O)c1cc(Cl)cc(Cl)c1. The standard InChI is InChI=1S/C13H8Cl4N2O/c1-6-2-10(16)18-12(17)11(6)19-13(20)7-3-8(14)5-9(15)4-7/h2-5H,1H3,(H,19,20). The third-order valence-corrected chi connectivity index (χ3v) is 3.41. The molecule has 3 nitrogen and oxygen atoms in total. The predicted octanol–water partition coefficient (Wildman–Crippen LogP) is 5.26. The second kappa shape index (κ2) is 6.19. The van der Waals surface area contributed by atoms with Crippen molar-refractivity contribution in [1.29, 1.82) is 0 Å². The third-order valence-electron chi connectivity index (χ3n) is 2.50. The van der Waals surface area contributed by atoms with E-state index in [-0.39, 0.29) is 16.2 Å². The van der Waals surface area contributed by atoms with Gasteiger partial charge in [-0.2, -0.15) is 0 Å². The molecule has 1 heterocycles. The van der Waals surface area contributed by atoms with Crippen LogP contribution in [0.15, 0.2) is 24.3 Å². The topological polar surface area (TPSA) is 42.0 Å². The number of aryl methyl sites for hydroxylation is 1. The number of carbonyl (C=O) groups excluding carboxylic acids is 1. The van der Waals surface area contributed by atoms with Crippen molar-refractivity contribution in [3.05, 3.63) is 55.7 Å². The van der Waals surface area contributed by atoms with Gasteiger partial charge in [-0.3, -0.25) is 4.79 Å². The quantitative estimate of drug-likeness (QED) is 0.751. The van der Waals surface area contributed by atoms with Crippen LogP contribution in [0.1, 0.15) is 15.9 Å². The van der Waals surface area contributed by atoms with E-state index in [1.54, 1.807) is 19.1 Å². The molecular formula is C13H8Cl4N2O. The van der Waals surface area contributed by atoms with Crippen LogP contribution in [0, 0.1) is 6.92 Å². The fourth-order valence-corrected chi connectivity index (χ4v) is 2.72. The lowest BCUT2D eigenvalue weighted by atomic mass is 10.2. The lowest BCUT2D eigenvalue weighted by Crippen LogP contribution is -2.13. The Morgan fingerprint density at radius 1 is 1.05 bits per heavy atom. The van der Waals surface area contributed by atoms with Crippen molar-refractivity contribution in [2.24, 2.45) is 0 Å². The molecule has 1 amide bonds. The molecule has 0 saturated carbocycles. The predicted molar refractivity (Wildman–Crippen MR) is 83.4 cm³/mol. The van der Waals surface area contributed by atoms with Crippen LogP contribution in [0.4, 0.5) is 5.69 Å². The molecule has 2 rings (SSSR count). The molecule has 1 aromatic carbocycles. The van der Waals surface area contributed by atoms with Crippen LogP contribution < -0.4 is 5.32 Å². The van der Waals surface area contributed by atoms with Gasteiger partial charge in [-0.25, -0.2) is 4.98 Å². The summed E-state index contributed by atoms with van der Waals surface area (Å²) in [6.45, 7) is 1.76. The maximum Gasteiger partial charge on any atom is 0.255 e. The van der Waals surface area contributed by atoms with Gasteiger partial charge < -0.3 is 5.32 Å². The summed E-state index contributed by atoms with van der Waals surface area (Å²) in [6.07, 6.45) is 0. The monoisotopic (exact) mass is 348 g/mol. The van der Waals surface area contributed by atoms with Crippen molar-refractivity contribution in [2.45, 2.75) is 6.92 Å². The van der Waals surface area contributed by atoms with Gasteiger partial charge in [0.1, 0.15) is 5.15 Å². The van der Waals surface area contributed by atoms with Crippen LogP contribution in [0.2, 0.25) is 20.4 Å². The van der Waals surface area contributed by atoms with Gasteiger partial charge >= 0.3 is 0 Å². The van der Waals surface area contributed by atoms with E-state index in [9.17, 15) is 4.79 Å². The molecular weight excluding hydrogens is 342 g/mol. The van der Waals surface area contributed by atoms with Crippen molar-refractivity contribution in [1.82, 2.24) is 4.98 Å². The fraction of sp³-hybridized carbons (Fsp3) is 0.0769. The van der Waals surface area contributed by atoms with Crippen LogP contribution in [0.3, 0.4) is 0 Å². The zero-order chi connectivity index (χ0) is 14.9. The third kappa shape index (κ3) is 3.55. The number of nitrogens with one attached hydrogen (secondary N) is 1. The Morgan fingerprint density at radius 2 is 1.65 bits per heavy atom. The van der Waals surface area contributed by atoms with Crippen molar-refractivity contribution in [2.75, 3.05) is 5.32 Å². The second-order valence-corrected chi connectivity index (χ2v) is 5.66. The molecule has 0 atom stereocenters. The van der Waals surface area contributed by atoms with Crippen LogP contribution >= 0.6 is 46.4 Å². The Kier molecular flexibility index (Phi) is 4.76. The minimum atomic E-state index is -0.386. The van der Waals surface area contributed by atoms with Crippen LogP contribution in [0.5, 0.6) is 0 Å². The highest BCUT2D eigenvalue weighted by molar-refractivity contribution is 6.36. The zero-order valence-corrected chi connectivity index (χ0v) is 13.2. The molecule has 0 aliphatic carbocycles. The Bertz CT molecular complexity index is 645. The molecule has 1 aromatic heterocycles. The van der Waals surface area contributed by atoms with E-state index in [1.807, 2.05) is 0 Å². The summed E-state index contributed by atoms with van der Waals surface area (Å²) in [5.74, 6) is -0.386. The van der Waals surface area contributed by atoms with Crippen LogP contribution in [-0.2, 0) is 0 Å². The number of rotatable bonds is 2. The number of hydrogen-bond acceptors (Lipinski definition) is 2. The zero-order valence-electron chi connectivity index (χ0n) is 10.2. The molecule has 20 heavy (non-hydrogen) atoms. The molecule has 1 N–H and O–H groups in total. The number of amides is 1. The normalized spacial score (nSPS) is 10.4. The van der Waals surface area contributed by atoms with Crippen LogP contribution in [-0.4, -0.2) is 10.9 Å². The summed E-state index contributed by atoms with van der Waals surface area (Å²) in [6, 6.07) is 6.17. The highest BCUT2D eigenvalue weighted by Crippen LogP contribution is 2.27. The first-order chi connectivity index (χ1) is 9.36. The molecule has 104 valence electrons. The fourth-order valence-electron chi connectivity index (χ4n) is 1.62. The molecule has 0 fully saturated rings. The van der Waals surface area contributed by atoms with E-state index in [0.29, 0.717) is 26.9 Å². The van der Waals surface area contributed by atoms with Crippen molar-refractivity contribution in [3.8, 4) is 0 Å². The smallest absolute Gasteiger partial charge is 0.255 e. The van der Waals surface area contributed by atoms with Gasteiger partial charge in [-0.15, -0.1) is 0 Å². The molecule has 0 unspecified atom stereocenters. The number of carbonyl (C=O) groups is 1. The Morgan fingerprint density at radius 3 is 2.20 bits per heavy atom. The number of hydrogen-bond donors (Lipinski definition) is 1. The number of anilines is 1. The summed E-state index contributed by atoms with van der Waals surface area (Å²) in [5, 5.41) is 3.80. The molecule has 0 spiro atoms. The highest BCUT2D eigenvalue weighted by Gasteiger charge is 2.13. The Balaban J connectivity index is 2.32. The lowest BCUT2D eigenvalue weighted by molar-refractivity contribution is 0.102. The summed E-state index contributed by atoms with van der Waals surface area (Å²) < 4.78 is 0. The lowest BCUT2D eigenvalue weighted by Gasteiger charge is -2.10. The molecule has 2 aromatic rings. The van der Waals surface area contributed by atoms with Gasteiger partial charge in [0.2, 0.25) is 0 Å². The van der Waals surface area contributed by atoms with Gasteiger partial charge in [0.05, 0.1) is 5.69 Å². The van der Waals surface area contributed by atoms with E-state index in [4.69, 9.17) is 46.4 Å². The first-order valence-corrected chi connectivity index (χ1v) is 6.98. The molecule has 0 aliphatic rings. The summed E-state index contributed by atoms with van der Waals surface area (Å²) in [4.78, 5) is 16.0. The van der Waals surface area contributed by atoms with Gasteiger partial charge in [0.25, 0.3) is 5.91 Å². The summed E-state index contributed by atoms with van der Waals surface area (Å²) >= 11 is 23.5. The number of pyridine rings is 1. The van der Waals surface area contributed by atoms with Gasteiger partial charge in [-0.1, -0.05) is 46.4 Å². The van der Waals surface area contributed by atoms with E-state index in [1.165, 1.54) is 12.1 Å². The Hall–Kier alpha value is -1.000. The van der Waals surface area contributed by atoms with Crippen molar-refractivity contribution in [3.63, 3.8) is 0 Å². The number of halogens is 4. The second-order valence-electron chi connectivity index (χ2n) is 4.04. The summed E-state index contributed by atoms with van der Waals surface area (Å²) in [7, 11) is 0. The first-order valence-electron chi connectivity index (χ1n) is 5.47. The average Bonchev–Trinajstić information content (AvgIpc) is 2.32. The molecule has 0 bridgehead atoms. The Labute approximate surface area is 135 Å². The number of benzene rings is 1. The summed E-state index contributed by atoms with van der Waals surface area (Å²) in [5.41, 5.74) is 1.43.